The molecule has 0 spiro atoms. The van der Waals surface area contributed by atoms with Crippen molar-refractivity contribution in [2.24, 2.45) is 0 Å². The summed E-state index contributed by atoms with van der Waals surface area (Å²) in [7, 11) is -5.78. The van der Waals surface area contributed by atoms with Gasteiger partial charge >= 0.3 is 0 Å². The number of carboxylic acids is 1. The van der Waals surface area contributed by atoms with Gasteiger partial charge in [0.05, 0.1) is 65.4 Å². The van der Waals surface area contributed by atoms with Gasteiger partial charge in [-0.05, 0) is 71.8 Å². The lowest BCUT2D eigenvalue weighted by Gasteiger charge is -2.09. The van der Waals surface area contributed by atoms with Gasteiger partial charge in [0.1, 0.15) is 16.7 Å². The Hall–Kier alpha value is -7.77. The number of carbonyl (C=O) groups is 3. The van der Waals surface area contributed by atoms with Gasteiger partial charge in [-0.2, -0.15) is 10.2 Å². The van der Waals surface area contributed by atoms with E-state index in [1.165, 1.54) is 85.2 Å². The van der Waals surface area contributed by atoms with Gasteiger partial charge in [-0.25, -0.2) is 40.0 Å². The second kappa shape index (κ2) is 21.7. The Morgan fingerprint density at radius 1 is 0.691 bits per heavy atom. The van der Waals surface area contributed by atoms with Gasteiger partial charge in [0, 0.05) is 67.8 Å². The second-order valence-corrected chi connectivity index (χ2v) is 18.3. The predicted octanol–water partition coefficient (Wildman–Crippen LogP) is 4.55. The lowest BCUT2D eigenvalue weighted by molar-refractivity contribution is -0.134. The summed E-state index contributed by atoms with van der Waals surface area (Å²) in [5.41, 5.74) is 3.15. The molecule has 0 bridgehead atoms. The molecule has 8 rings (SSSR count). The number of nitrogens with one attached hydrogen (secondary N) is 3. The molecule has 354 valence electrons. The Morgan fingerprint density at radius 3 is 1.54 bits per heavy atom. The molecule has 68 heavy (non-hydrogen) atoms. The van der Waals surface area contributed by atoms with Crippen molar-refractivity contribution in [1.29, 1.82) is 0 Å². The highest BCUT2D eigenvalue weighted by Gasteiger charge is 2.19. The third kappa shape index (κ3) is 12.8. The highest BCUT2D eigenvalue weighted by atomic mass is 79.9. The largest absolute Gasteiger partial charge is 0.481 e. The van der Waals surface area contributed by atoms with Gasteiger partial charge in [-0.3, -0.25) is 29.1 Å². The van der Waals surface area contributed by atoms with Crippen LogP contribution in [0.3, 0.4) is 0 Å². The number of benzene rings is 2. The first-order valence-electron chi connectivity index (χ1n) is 19.3. The summed E-state index contributed by atoms with van der Waals surface area (Å²) in [6.07, 6.45) is 11.0. The number of ether oxygens (including phenoxy) is 1. The Kier molecular flexibility index (Phi) is 16.3. The molecule has 4 N–H and O–H groups in total. The fourth-order valence-corrected chi connectivity index (χ4v) is 7.45. The molecule has 20 nitrogen and oxygen atoms in total. The van der Waals surface area contributed by atoms with E-state index in [9.17, 15) is 40.0 Å². The number of hydrogen-bond donors (Lipinski definition) is 4. The number of carbonyl (C=O) groups excluding carboxylic acids is 2. The van der Waals surface area contributed by atoms with Crippen LogP contribution in [-0.2, 0) is 37.6 Å². The number of amides is 2. The molecule has 2 amide bonds. The minimum Gasteiger partial charge on any atom is -0.481 e. The first-order chi connectivity index (χ1) is 31.7. The molecule has 0 saturated heterocycles. The molecular formula is C43H39BrF2N10O10S2. The highest BCUT2D eigenvalue weighted by Crippen LogP contribution is 2.23. The maximum absolute atomic E-state index is 13.2. The summed E-state index contributed by atoms with van der Waals surface area (Å²) in [6.45, 7) is 1.07. The lowest BCUT2D eigenvalue weighted by atomic mass is 10.1. The fraction of sp³-hybridized carbons (Fsp3) is 0.140. The van der Waals surface area contributed by atoms with Crippen molar-refractivity contribution >= 4 is 76.2 Å². The first kappa shape index (κ1) is 51.2. The summed E-state index contributed by atoms with van der Waals surface area (Å²) in [6, 6.07) is 16.9. The van der Waals surface area contributed by atoms with Crippen LogP contribution >= 0.6 is 17.0 Å². The number of aromatic nitrogens is 8. The van der Waals surface area contributed by atoms with E-state index in [0.29, 0.717) is 49.9 Å². The Morgan fingerprint density at radius 2 is 1.13 bits per heavy atom. The SMILES string of the molecule is Br.CC(=O)O.COc1cc(CNC(=O)c2cncc3c2cnn3-c2ccc(F)cc2)cc(S(C)(=O)=O)n1.CS(=O)(=O)c1cc(CNC(=O)c2cncc3c2cnn3-c2ccc(F)cc2)cc(=O)[nH]1. The zero-order chi connectivity index (χ0) is 48.6. The summed E-state index contributed by atoms with van der Waals surface area (Å²) in [5, 5.41) is 22.1. The number of rotatable bonds is 11. The minimum absolute atomic E-state index is 0. The number of carboxylic acid groups (broad SMARTS) is 1. The molecule has 6 aromatic heterocycles. The molecule has 25 heteroatoms. The molecule has 0 aliphatic carbocycles. The number of sulfone groups is 2. The normalized spacial score (nSPS) is 11.0. The van der Waals surface area contributed by atoms with Crippen molar-refractivity contribution in [1.82, 2.24) is 50.1 Å². The number of aromatic amines is 1. The van der Waals surface area contributed by atoms with Crippen LogP contribution in [0.2, 0.25) is 0 Å². The monoisotopic (exact) mass is 1040 g/mol. The molecular weight excluding hydrogens is 999 g/mol. The predicted molar refractivity (Wildman–Crippen MR) is 248 cm³/mol. The third-order valence-electron chi connectivity index (χ3n) is 9.24. The van der Waals surface area contributed by atoms with Gasteiger partial charge < -0.3 is 25.5 Å². The van der Waals surface area contributed by atoms with Gasteiger partial charge in [-0.15, -0.1) is 17.0 Å². The molecule has 0 unspecified atom stereocenters. The van der Waals surface area contributed by atoms with Crippen molar-refractivity contribution < 1.29 is 49.8 Å². The summed E-state index contributed by atoms with van der Waals surface area (Å²) < 4.78 is 81.7. The van der Waals surface area contributed by atoms with E-state index in [2.05, 4.69) is 40.8 Å². The number of H-pyrrole nitrogens is 1. The fourth-order valence-electron chi connectivity index (χ4n) is 6.18. The van der Waals surface area contributed by atoms with Crippen molar-refractivity contribution in [3.63, 3.8) is 0 Å². The number of pyridine rings is 4. The molecule has 6 heterocycles. The quantitative estimate of drug-likeness (QED) is 0.138. The average Bonchev–Trinajstić information content (AvgIpc) is 3.92. The number of fused-ring (bicyclic) bond motifs is 2. The third-order valence-corrected chi connectivity index (χ3v) is 11.2. The Bertz CT molecular complexity index is 3440. The van der Waals surface area contributed by atoms with E-state index in [4.69, 9.17) is 14.6 Å². The van der Waals surface area contributed by atoms with E-state index in [1.54, 1.807) is 41.2 Å². The Labute approximate surface area is 395 Å². The van der Waals surface area contributed by atoms with Crippen molar-refractivity contribution in [3.8, 4) is 17.3 Å². The zero-order valence-electron chi connectivity index (χ0n) is 36.0. The molecule has 0 fully saturated rings. The first-order valence-corrected chi connectivity index (χ1v) is 23.1. The Balaban J connectivity index is 0.000000233. The topological polar surface area (TPSA) is 280 Å². The molecule has 0 atom stereocenters. The molecule has 0 aliphatic heterocycles. The smallest absolute Gasteiger partial charge is 0.300 e. The maximum Gasteiger partial charge on any atom is 0.300 e. The summed E-state index contributed by atoms with van der Waals surface area (Å²) >= 11 is 0. The highest BCUT2D eigenvalue weighted by molar-refractivity contribution is 8.93. The van der Waals surface area contributed by atoms with Gasteiger partial charge in [0.15, 0.2) is 24.7 Å². The summed E-state index contributed by atoms with van der Waals surface area (Å²) in [5.74, 6) is -2.34. The van der Waals surface area contributed by atoms with Crippen LogP contribution in [-0.4, -0.2) is 98.8 Å². The van der Waals surface area contributed by atoms with E-state index in [0.717, 1.165) is 19.4 Å². The maximum atomic E-state index is 13.2. The standard InChI is InChI=1S/C21H18FN5O4S.C20H16FN5O4S.C2H4O2.BrH/c1-31-19-7-13(8-20(26-19)32(2,29)30)9-24-21(28)17-10-23-12-18-16(17)11-25-27(18)15-5-3-14(22)4-6-15;1-31(29,30)19-7-12(6-18(27)25-19)8-23-20(28)16-9-22-11-17-15(16)10-24-26(17)14-4-2-13(21)3-5-14;1-2(3)4;/h3-8,10-12H,9H2,1-2H3,(H,24,28);2-7,9-11H,8H2,1H3,(H,23,28)(H,25,27);1H3,(H,3,4);1H. The molecule has 0 saturated carbocycles. The number of hydrogen-bond acceptors (Lipinski definition) is 14. The van der Waals surface area contributed by atoms with Crippen LogP contribution in [0.25, 0.3) is 33.2 Å². The minimum atomic E-state index is -3.61. The number of nitrogens with zero attached hydrogens (tertiary/aromatic N) is 7. The van der Waals surface area contributed by atoms with Gasteiger partial charge in [0.25, 0.3) is 17.8 Å². The lowest BCUT2D eigenvalue weighted by Crippen LogP contribution is -2.24. The van der Waals surface area contributed by atoms with Crippen molar-refractivity contribution in [2.45, 2.75) is 30.1 Å². The number of halogens is 3. The van der Waals surface area contributed by atoms with Crippen LogP contribution in [0.15, 0.2) is 125 Å². The van der Waals surface area contributed by atoms with Gasteiger partial charge in [0.2, 0.25) is 11.4 Å². The average molecular weight is 1040 g/mol. The van der Waals surface area contributed by atoms with Gasteiger partial charge in [-0.1, -0.05) is 0 Å². The zero-order valence-corrected chi connectivity index (χ0v) is 39.4. The van der Waals surface area contributed by atoms with E-state index in [1.807, 2.05) is 0 Å². The van der Waals surface area contributed by atoms with Crippen LogP contribution in [0, 0.1) is 11.6 Å². The van der Waals surface area contributed by atoms with E-state index >= 15 is 0 Å². The number of methoxy groups -OCH3 is 1. The van der Waals surface area contributed by atoms with Crippen LogP contribution in [0.4, 0.5) is 8.78 Å². The van der Waals surface area contributed by atoms with Crippen LogP contribution < -0.4 is 20.9 Å². The van der Waals surface area contributed by atoms with Crippen LogP contribution in [0.5, 0.6) is 5.88 Å². The van der Waals surface area contributed by atoms with E-state index < -0.39 is 43.0 Å². The van der Waals surface area contributed by atoms with Crippen molar-refractivity contribution in [3.05, 3.63) is 154 Å². The number of aliphatic carboxylic acids is 1. The summed E-state index contributed by atoms with van der Waals surface area (Å²) in [4.78, 5) is 60.7. The second-order valence-electron chi connectivity index (χ2n) is 14.3. The molecule has 0 aliphatic rings. The van der Waals surface area contributed by atoms with E-state index in [-0.39, 0.29) is 63.2 Å². The molecule has 0 radical (unpaired) electrons. The van der Waals surface area contributed by atoms with Crippen molar-refractivity contribution in [2.75, 3.05) is 19.6 Å². The van der Waals surface area contributed by atoms with Crippen LogP contribution in [0.1, 0.15) is 38.8 Å². The molecule has 8 aromatic rings. The molecule has 2 aromatic carbocycles.